The van der Waals surface area contributed by atoms with Crippen LogP contribution in [-0.2, 0) is 4.74 Å². The zero-order valence-corrected chi connectivity index (χ0v) is 14.1. The first-order valence-corrected chi connectivity index (χ1v) is 9.42. The Labute approximate surface area is 127 Å². The Kier molecular flexibility index (Phi) is 3.63. The van der Waals surface area contributed by atoms with Crippen molar-refractivity contribution in [1.82, 2.24) is 0 Å². The van der Waals surface area contributed by atoms with Crippen molar-refractivity contribution in [2.45, 2.75) is 64.9 Å². The van der Waals surface area contributed by atoms with E-state index in [1.54, 1.807) is 0 Å². The number of carbonyl (C=O) groups excluding carboxylic acids is 1. The average Bonchev–Trinajstić information content (AvgIpc) is 2.62. The van der Waals surface area contributed by atoms with Gasteiger partial charge in [-0.15, -0.1) is 0 Å². The predicted octanol–water partition coefficient (Wildman–Crippen LogP) is 5.12. The largest absolute Gasteiger partial charge is 0.451 e. The van der Waals surface area contributed by atoms with Gasteiger partial charge >= 0.3 is 5.30 Å². The van der Waals surface area contributed by atoms with Crippen LogP contribution in [0.1, 0.15) is 59.3 Å². The molecule has 3 rings (SSSR count). The first-order chi connectivity index (χ1) is 9.43. The molecule has 6 atom stereocenters. The minimum atomic E-state index is -0.270. The molecule has 114 valence electrons. The van der Waals surface area contributed by atoms with Crippen molar-refractivity contribution in [3.63, 3.8) is 0 Å². The summed E-state index contributed by atoms with van der Waals surface area (Å²) in [5, 5.41) is -0.101. The number of carbonyl (C=O) groups is 1. The molecule has 0 aliphatic heterocycles. The minimum Gasteiger partial charge on any atom is -0.451 e. The van der Waals surface area contributed by atoms with Gasteiger partial charge in [0, 0.05) is 5.41 Å². The van der Waals surface area contributed by atoms with Crippen LogP contribution in [0, 0.1) is 29.1 Å². The van der Waals surface area contributed by atoms with Gasteiger partial charge in [0.1, 0.15) is 5.60 Å². The summed E-state index contributed by atoms with van der Waals surface area (Å²) in [4.78, 5) is 11.9. The molecule has 0 saturated heterocycles. The van der Waals surface area contributed by atoms with Crippen molar-refractivity contribution < 1.29 is 9.53 Å². The highest BCUT2D eigenvalue weighted by Crippen LogP contribution is 2.68. The molecule has 20 heavy (non-hydrogen) atoms. The summed E-state index contributed by atoms with van der Waals surface area (Å²) in [5.41, 5.74) is -0.0271. The van der Waals surface area contributed by atoms with Crippen LogP contribution in [0.15, 0.2) is 0 Å². The highest BCUT2D eigenvalue weighted by Gasteiger charge is 2.63. The molecular weight excluding hydrogens is 268 g/mol. The van der Waals surface area contributed by atoms with Gasteiger partial charge in [-0.2, -0.15) is 0 Å². The Morgan fingerprint density at radius 1 is 1.30 bits per heavy atom. The zero-order valence-electron chi connectivity index (χ0n) is 13.3. The predicted molar refractivity (Wildman–Crippen MR) is 83.8 cm³/mol. The summed E-state index contributed by atoms with van der Waals surface area (Å²) in [5.74, 6) is 3.60. The van der Waals surface area contributed by atoms with Crippen molar-refractivity contribution in [3.8, 4) is 0 Å². The van der Waals surface area contributed by atoms with E-state index in [0.717, 1.165) is 30.1 Å². The second-order valence-electron chi connectivity index (χ2n) is 7.79. The molecule has 3 aliphatic rings. The standard InChI is InChI=1S/C17H28O2S/c1-5-16(3,19-15(18)20-4)17-8-11(2)6-12-7-13(9-17)14(12)10-17/h11-14H,5-10H2,1-4H3. The van der Waals surface area contributed by atoms with E-state index < -0.39 is 0 Å². The average molecular weight is 296 g/mol. The molecule has 2 nitrogen and oxygen atoms in total. The Hall–Kier alpha value is -0.180. The monoisotopic (exact) mass is 296 g/mol. The SMILES string of the molecule is CCC(C)(OC(=O)SC)C12CC(C)CC3CC(C1)C3C2. The van der Waals surface area contributed by atoms with Crippen LogP contribution in [0.4, 0.5) is 4.79 Å². The van der Waals surface area contributed by atoms with Crippen LogP contribution in [-0.4, -0.2) is 17.2 Å². The van der Waals surface area contributed by atoms with Crippen LogP contribution < -0.4 is 0 Å². The third-order valence-corrected chi connectivity index (χ3v) is 7.23. The van der Waals surface area contributed by atoms with Gasteiger partial charge in [-0.1, -0.05) is 13.8 Å². The third kappa shape index (κ3) is 2.03. The lowest BCUT2D eigenvalue weighted by Crippen LogP contribution is -2.48. The number of hydrogen-bond donors (Lipinski definition) is 0. The molecule has 3 fully saturated rings. The zero-order chi connectivity index (χ0) is 14.5. The van der Waals surface area contributed by atoms with E-state index in [1.807, 2.05) is 6.26 Å². The quantitative estimate of drug-likeness (QED) is 0.676. The van der Waals surface area contributed by atoms with Gasteiger partial charge in [0.2, 0.25) is 0 Å². The van der Waals surface area contributed by atoms with Crippen LogP contribution in [0.3, 0.4) is 0 Å². The molecule has 0 aromatic rings. The molecule has 3 saturated carbocycles. The summed E-state index contributed by atoms with van der Waals surface area (Å²) < 4.78 is 5.99. The highest BCUT2D eigenvalue weighted by atomic mass is 32.2. The maximum absolute atomic E-state index is 11.9. The summed E-state index contributed by atoms with van der Waals surface area (Å²) in [6.07, 6.45) is 9.45. The van der Waals surface area contributed by atoms with Gasteiger partial charge in [-0.05, 0) is 87.1 Å². The van der Waals surface area contributed by atoms with Crippen LogP contribution in [0.2, 0.25) is 0 Å². The van der Waals surface area contributed by atoms with Crippen molar-refractivity contribution >= 4 is 17.1 Å². The molecular formula is C17H28O2S. The van der Waals surface area contributed by atoms with E-state index in [-0.39, 0.29) is 16.3 Å². The van der Waals surface area contributed by atoms with Crippen LogP contribution in [0.5, 0.6) is 0 Å². The molecule has 3 heteroatoms. The summed E-state index contributed by atoms with van der Waals surface area (Å²) >= 11 is 1.21. The number of hydrogen-bond acceptors (Lipinski definition) is 3. The number of thioether (sulfide) groups is 1. The number of ether oxygens (including phenoxy) is 1. The van der Waals surface area contributed by atoms with Gasteiger partial charge in [-0.3, -0.25) is 0 Å². The Bertz CT molecular complexity index is 406. The second kappa shape index (κ2) is 4.93. The normalized spacial score (nSPS) is 45.2. The molecule has 0 amide bonds. The summed E-state index contributed by atoms with van der Waals surface area (Å²) in [6.45, 7) is 6.80. The molecule has 0 heterocycles. The lowest BCUT2D eigenvalue weighted by Gasteiger charge is -2.48. The molecule has 3 aliphatic carbocycles. The highest BCUT2D eigenvalue weighted by molar-refractivity contribution is 8.12. The first kappa shape index (κ1) is 14.7. The van der Waals surface area contributed by atoms with Gasteiger partial charge in [0.05, 0.1) is 0 Å². The van der Waals surface area contributed by atoms with Crippen molar-refractivity contribution in [2.24, 2.45) is 29.1 Å². The molecule has 0 radical (unpaired) electrons. The Morgan fingerprint density at radius 2 is 2.05 bits per heavy atom. The fourth-order valence-corrected chi connectivity index (χ4v) is 5.93. The molecule has 2 bridgehead atoms. The lowest BCUT2D eigenvalue weighted by molar-refractivity contribution is -0.0830. The second-order valence-corrected chi connectivity index (χ2v) is 8.54. The van der Waals surface area contributed by atoms with E-state index in [0.29, 0.717) is 0 Å². The van der Waals surface area contributed by atoms with Gasteiger partial charge < -0.3 is 4.74 Å². The topological polar surface area (TPSA) is 26.3 Å². The Morgan fingerprint density at radius 3 is 2.70 bits per heavy atom. The van der Waals surface area contributed by atoms with Crippen molar-refractivity contribution in [2.75, 3.05) is 6.26 Å². The fraction of sp³-hybridized carbons (Fsp3) is 0.941. The van der Waals surface area contributed by atoms with Gasteiger partial charge in [0.25, 0.3) is 0 Å². The minimum absolute atomic E-state index is 0.101. The fourth-order valence-electron chi connectivity index (χ4n) is 5.67. The van der Waals surface area contributed by atoms with Gasteiger partial charge in [0.15, 0.2) is 0 Å². The smallest absolute Gasteiger partial charge is 0.367 e. The molecule has 0 aromatic heterocycles. The van der Waals surface area contributed by atoms with E-state index in [1.165, 1.54) is 43.9 Å². The van der Waals surface area contributed by atoms with Crippen molar-refractivity contribution in [3.05, 3.63) is 0 Å². The van der Waals surface area contributed by atoms with E-state index >= 15 is 0 Å². The van der Waals surface area contributed by atoms with Crippen LogP contribution >= 0.6 is 11.8 Å². The van der Waals surface area contributed by atoms with E-state index in [2.05, 4.69) is 20.8 Å². The summed E-state index contributed by atoms with van der Waals surface area (Å²) in [6, 6.07) is 0. The van der Waals surface area contributed by atoms with Crippen molar-refractivity contribution in [1.29, 1.82) is 0 Å². The van der Waals surface area contributed by atoms with E-state index in [9.17, 15) is 4.79 Å². The maximum Gasteiger partial charge on any atom is 0.367 e. The van der Waals surface area contributed by atoms with Crippen LogP contribution in [0.25, 0.3) is 0 Å². The first-order valence-electron chi connectivity index (χ1n) is 8.20. The summed E-state index contributed by atoms with van der Waals surface area (Å²) in [7, 11) is 0. The lowest BCUT2D eigenvalue weighted by atomic mass is 9.61. The number of fused-ring (bicyclic) bond motifs is 1. The molecule has 6 unspecified atom stereocenters. The molecule has 0 N–H and O–H groups in total. The van der Waals surface area contributed by atoms with Gasteiger partial charge in [-0.25, -0.2) is 4.79 Å². The molecule has 0 aromatic carbocycles. The molecule has 0 spiro atoms. The van der Waals surface area contributed by atoms with E-state index in [4.69, 9.17) is 4.74 Å². The Balaban J connectivity index is 1.90. The third-order valence-electron chi connectivity index (χ3n) is 6.81. The number of rotatable bonds is 3. The maximum atomic E-state index is 11.9.